The second-order valence-corrected chi connectivity index (χ2v) is 7.18. The largest absolute Gasteiger partial charge is 0.351 e. The van der Waals surface area contributed by atoms with Crippen LogP contribution in [-0.4, -0.2) is 58.1 Å². The number of nitrogens with zero attached hydrogens (tertiary/aromatic N) is 2. The Hall–Kier alpha value is -2.60. The lowest BCUT2D eigenvalue weighted by Gasteiger charge is -2.22. The zero-order valence-electron chi connectivity index (χ0n) is 16.1. The molecule has 160 valence electrons. The van der Waals surface area contributed by atoms with Crippen molar-refractivity contribution in [3.05, 3.63) is 39.9 Å². The van der Waals surface area contributed by atoms with Crippen molar-refractivity contribution in [2.24, 2.45) is 11.5 Å². The third-order valence-electron chi connectivity index (χ3n) is 5.00. The Kier molecular flexibility index (Phi) is 8.46. The number of benzene rings is 1. The molecule has 0 spiro atoms. The summed E-state index contributed by atoms with van der Waals surface area (Å²) in [5.74, 6) is -0.858. The maximum absolute atomic E-state index is 12.3. The number of nitrogens with one attached hydrogen (secondary N) is 2. The van der Waals surface area contributed by atoms with Crippen LogP contribution in [0.1, 0.15) is 31.2 Å². The number of carbonyl (C=O) groups is 2. The van der Waals surface area contributed by atoms with E-state index in [0.717, 1.165) is 18.4 Å². The topological polar surface area (TPSA) is 177 Å². The van der Waals surface area contributed by atoms with Crippen LogP contribution in [0.2, 0.25) is 0 Å². The van der Waals surface area contributed by atoms with Crippen LogP contribution in [0.3, 0.4) is 0 Å². The lowest BCUT2D eigenvalue weighted by atomic mass is 10.1. The fourth-order valence-corrected chi connectivity index (χ4v) is 3.44. The van der Waals surface area contributed by atoms with Gasteiger partial charge in [-0.3, -0.25) is 29.8 Å². The van der Waals surface area contributed by atoms with Crippen LogP contribution in [-0.2, 0) is 16.1 Å². The van der Waals surface area contributed by atoms with Crippen molar-refractivity contribution in [3.8, 4) is 0 Å². The molecule has 1 aliphatic rings. The van der Waals surface area contributed by atoms with Gasteiger partial charge in [0.05, 0.1) is 17.0 Å². The number of amides is 2. The minimum Gasteiger partial charge on any atom is -0.351 e. The smallest absolute Gasteiger partial charge is 0.269 e. The Labute approximate surface area is 168 Å². The van der Waals surface area contributed by atoms with Crippen LogP contribution in [0.4, 0.5) is 5.69 Å². The van der Waals surface area contributed by atoms with Gasteiger partial charge in [-0.05, 0) is 31.4 Å². The molecule has 0 bridgehead atoms. The number of nitro benzene ring substituents is 1. The zero-order valence-corrected chi connectivity index (χ0v) is 16.1. The standard InChI is InChI=1S/C18H28N6O5/c19-8-2-1-3-15(20)17(25)21-13-9-16(18(26)22-27)23(11-13)10-12-4-6-14(7-5-12)24(28)29/h4-7,13,15-16,27H,1-3,8-11,19-20H2,(H,21,25)(H,22,26)/t13-,15-,16-/m0/s1. The van der Waals surface area contributed by atoms with Gasteiger partial charge in [-0.2, -0.15) is 0 Å². The molecule has 11 heteroatoms. The highest BCUT2D eigenvalue weighted by atomic mass is 16.6. The van der Waals surface area contributed by atoms with Crippen LogP contribution in [0, 0.1) is 10.1 Å². The van der Waals surface area contributed by atoms with Crippen molar-refractivity contribution in [1.29, 1.82) is 0 Å². The summed E-state index contributed by atoms with van der Waals surface area (Å²) in [6.45, 7) is 1.27. The van der Waals surface area contributed by atoms with Gasteiger partial charge in [0.1, 0.15) is 0 Å². The van der Waals surface area contributed by atoms with Gasteiger partial charge in [-0.1, -0.05) is 18.6 Å². The van der Waals surface area contributed by atoms with E-state index in [1.165, 1.54) is 12.1 Å². The molecule has 0 radical (unpaired) electrons. The van der Waals surface area contributed by atoms with Crippen molar-refractivity contribution < 1.29 is 19.7 Å². The van der Waals surface area contributed by atoms with Gasteiger partial charge in [0.25, 0.3) is 11.6 Å². The lowest BCUT2D eigenvalue weighted by molar-refractivity contribution is -0.384. The molecule has 0 aliphatic carbocycles. The third kappa shape index (κ3) is 6.46. The number of hydrogen-bond acceptors (Lipinski definition) is 8. The monoisotopic (exact) mass is 408 g/mol. The minimum absolute atomic E-state index is 0.0198. The summed E-state index contributed by atoms with van der Waals surface area (Å²) in [5.41, 5.74) is 13.8. The van der Waals surface area contributed by atoms with E-state index in [9.17, 15) is 19.7 Å². The van der Waals surface area contributed by atoms with Gasteiger partial charge in [0.2, 0.25) is 5.91 Å². The molecule has 11 nitrogen and oxygen atoms in total. The van der Waals surface area contributed by atoms with Gasteiger partial charge in [-0.15, -0.1) is 0 Å². The first-order chi connectivity index (χ1) is 13.8. The molecule has 0 unspecified atom stereocenters. The van der Waals surface area contributed by atoms with Gasteiger partial charge >= 0.3 is 0 Å². The fraction of sp³-hybridized carbons (Fsp3) is 0.556. The number of rotatable bonds is 10. The molecule has 2 amide bonds. The number of nitrogens with two attached hydrogens (primary N) is 2. The van der Waals surface area contributed by atoms with E-state index in [1.807, 2.05) is 0 Å². The van der Waals surface area contributed by atoms with Crippen LogP contribution in [0.25, 0.3) is 0 Å². The van der Waals surface area contributed by atoms with Crippen molar-refractivity contribution in [3.63, 3.8) is 0 Å². The van der Waals surface area contributed by atoms with E-state index in [-0.39, 0.29) is 17.6 Å². The highest BCUT2D eigenvalue weighted by Gasteiger charge is 2.37. The second kappa shape index (κ2) is 10.8. The van der Waals surface area contributed by atoms with Gasteiger partial charge in [0.15, 0.2) is 0 Å². The molecule has 29 heavy (non-hydrogen) atoms. The summed E-state index contributed by atoms with van der Waals surface area (Å²) in [5, 5.41) is 22.7. The van der Waals surface area contributed by atoms with Crippen LogP contribution in [0.15, 0.2) is 24.3 Å². The Balaban J connectivity index is 1.99. The Morgan fingerprint density at radius 1 is 1.31 bits per heavy atom. The molecule has 0 aromatic heterocycles. The summed E-state index contributed by atoms with van der Waals surface area (Å²) in [6.07, 6.45) is 2.41. The first kappa shape index (κ1) is 22.7. The van der Waals surface area contributed by atoms with Gasteiger partial charge < -0.3 is 16.8 Å². The summed E-state index contributed by atoms with van der Waals surface area (Å²) < 4.78 is 0. The Morgan fingerprint density at radius 3 is 2.59 bits per heavy atom. The number of nitro groups is 1. The quantitative estimate of drug-likeness (QED) is 0.150. The predicted molar refractivity (Wildman–Crippen MR) is 105 cm³/mol. The molecule has 1 aliphatic heterocycles. The molecule has 1 aromatic carbocycles. The average molecular weight is 408 g/mol. The molecular weight excluding hydrogens is 380 g/mol. The molecule has 1 fully saturated rings. The molecule has 1 saturated heterocycles. The predicted octanol–water partition coefficient (Wildman–Crippen LogP) is -0.384. The molecule has 2 rings (SSSR count). The first-order valence-corrected chi connectivity index (χ1v) is 9.53. The number of likely N-dealkylation sites (tertiary alicyclic amines) is 1. The number of carbonyl (C=O) groups excluding carboxylic acids is 2. The number of hydroxylamine groups is 1. The number of non-ortho nitro benzene ring substituents is 1. The maximum atomic E-state index is 12.3. The molecular formula is C18H28N6O5. The van der Waals surface area contributed by atoms with E-state index in [4.69, 9.17) is 16.7 Å². The molecule has 1 heterocycles. The fourth-order valence-electron chi connectivity index (χ4n) is 3.44. The van der Waals surface area contributed by atoms with Crippen LogP contribution >= 0.6 is 0 Å². The SMILES string of the molecule is NCCCC[C@H](N)C(=O)N[C@H]1C[C@@H](C(=O)NO)N(Cc2ccc([N+](=O)[O-])cc2)C1. The highest BCUT2D eigenvalue weighted by molar-refractivity contribution is 5.83. The number of unbranched alkanes of at least 4 members (excludes halogenated alkanes) is 1. The molecule has 1 aromatic rings. The van der Waals surface area contributed by atoms with Crippen LogP contribution < -0.4 is 22.3 Å². The normalized spacial score (nSPS) is 20.2. The third-order valence-corrected chi connectivity index (χ3v) is 5.00. The average Bonchev–Trinajstić information content (AvgIpc) is 3.09. The lowest BCUT2D eigenvalue weighted by Crippen LogP contribution is -2.46. The Morgan fingerprint density at radius 2 is 2.00 bits per heavy atom. The molecule has 0 saturated carbocycles. The Bertz CT molecular complexity index is 713. The first-order valence-electron chi connectivity index (χ1n) is 9.53. The summed E-state index contributed by atoms with van der Waals surface area (Å²) in [7, 11) is 0. The van der Waals surface area contributed by atoms with Crippen molar-refractivity contribution >= 4 is 17.5 Å². The summed E-state index contributed by atoms with van der Waals surface area (Å²) in [4.78, 5) is 36.5. The highest BCUT2D eigenvalue weighted by Crippen LogP contribution is 2.22. The molecule has 3 atom stereocenters. The van der Waals surface area contributed by atoms with Crippen molar-refractivity contribution in [1.82, 2.24) is 15.7 Å². The maximum Gasteiger partial charge on any atom is 0.269 e. The van der Waals surface area contributed by atoms with E-state index >= 15 is 0 Å². The van der Waals surface area contributed by atoms with Crippen molar-refractivity contribution in [2.75, 3.05) is 13.1 Å². The van der Waals surface area contributed by atoms with E-state index in [2.05, 4.69) is 5.32 Å². The number of hydrogen-bond donors (Lipinski definition) is 5. The van der Waals surface area contributed by atoms with Crippen LogP contribution in [0.5, 0.6) is 0 Å². The summed E-state index contributed by atoms with van der Waals surface area (Å²) >= 11 is 0. The zero-order chi connectivity index (χ0) is 21.4. The van der Waals surface area contributed by atoms with Crippen molar-refractivity contribution in [2.45, 2.75) is 50.4 Å². The minimum atomic E-state index is -0.644. The van der Waals surface area contributed by atoms with E-state index < -0.39 is 22.9 Å². The van der Waals surface area contributed by atoms with E-state index in [0.29, 0.717) is 32.5 Å². The van der Waals surface area contributed by atoms with E-state index in [1.54, 1.807) is 22.5 Å². The molecule has 7 N–H and O–H groups in total. The van der Waals surface area contributed by atoms with Gasteiger partial charge in [-0.25, -0.2) is 5.48 Å². The summed E-state index contributed by atoms with van der Waals surface area (Å²) in [6, 6.07) is 4.43. The van der Waals surface area contributed by atoms with Gasteiger partial charge in [0, 0.05) is 31.3 Å². The second-order valence-electron chi connectivity index (χ2n) is 7.18.